The van der Waals surface area contributed by atoms with Gasteiger partial charge in [-0.1, -0.05) is 33.1 Å². The number of nitrogens with one attached hydrogen (secondary N) is 1. The second-order valence-electron chi connectivity index (χ2n) is 7.52. The minimum absolute atomic E-state index is 0.216. The number of ether oxygens (including phenoxy) is 1. The topological polar surface area (TPSA) is 117 Å². The average Bonchev–Trinajstić information content (AvgIpc) is 2.75. The number of amides is 1. The van der Waals surface area contributed by atoms with Crippen LogP contribution in [0.2, 0.25) is 0 Å². The van der Waals surface area contributed by atoms with Gasteiger partial charge in [0.15, 0.2) is 6.10 Å². The van der Waals surface area contributed by atoms with Crippen LogP contribution >= 0.6 is 0 Å². The van der Waals surface area contributed by atoms with Crippen molar-refractivity contribution in [1.29, 1.82) is 5.26 Å². The average molecular weight is 454 g/mol. The first kappa shape index (κ1) is 24.8. The first-order valence-corrected chi connectivity index (χ1v) is 11.8. The van der Waals surface area contributed by atoms with Crippen LogP contribution in [0.15, 0.2) is 23.1 Å². The first-order valence-electron chi connectivity index (χ1n) is 10.3. The summed E-state index contributed by atoms with van der Waals surface area (Å²) in [6, 6.07) is 5.01. The van der Waals surface area contributed by atoms with E-state index in [-0.39, 0.29) is 18.0 Å². The highest BCUT2D eigenvalue weighted by Crippen LogP contribution is 2.28. The molecule has 0 heterocycles. The van der Waals surface area contributed by atoms with Gasteiger partial charge >= 0.3 is 5.97 Å². The molecule has 10 heteroatoms. The highest BCUT2D eigenvalue weighted by molar-refractivity contribution is 7.89. The molecular weight excluding hydrogens is 425 g/mol. The van der Waals surface area contributed by atoms with Crippen molar-refractivity contribution in [3.05, 3.63) is 29.6 Å². The molecule has 1 aromatic carbocycles. The maximum Gasteiger partial charge on any atom is 0.341 e. The molecule has 1 amide bonds. The van der Waals surface area contributed by atoms with Crippen LogP contribution in [-0.2, 0) is 19.6 Å². The number of hydrogen-bond acceptors (Lipinski definition) is 6. The molecule has 0 radical (unpaired) electrons. The van der Waals surface area contributed by atoms with E-state index in [0.29, 0.717) is 12.8 Å². The largest absolute Gasteiger partial charge is 0.449 e. The van der Waals surface area contributed by atoms with Gasteiger partial charge in [-0.25, -0.2) is 17.6 Å². The number of benzene rings is 1. The third-order valence-corrected chi connectivity index (χ3v) is 7.48. The molecule has 1 aliphatic rings. The zero-order valence-electron chi connectivity index (χ0n) is 18.0. The molecule has 1 aromatic rings. The summed E-state index contributed by atoms with van der Waals surface area (Å²) < 4.78 is 45.8. The van der Waals surface area contributed by atoms with Gasteiger partial charge in [0.05, 0.1) is 16.5 Å². The third-order valence-electron chi connectivity index (χ3n) is 5.44. The third kappa shape index (κ3) is 5.60. The Morgan fingerprint density at radius 2 is 1.87 bits per heavy atom. The molecule has 1 fully saturated rings. The number of esters is 1. The lowest BCUT2D eigenvalue weighted by Gasteiger charge is -2.32. The molecule has 0 aromatic heterocycles. The molecule has 170 valence electrons. The van der Waals surface area contributed by atoms with Crippen molar-refractivity contribution in [2.45, 2.75) is 69.4 Å². The summed E-state index contributed by atoms with van der Waals surface area (Å²) in [5.74, 6) is -2.78. The lowest BCUT2D eigenvalue weighted by Crippen LogP contribution is -2.52. The molecule has 1 N–H and O–H groups in total. The van der Waals surface area contributed by atoms with Gasteiger partial charge in [-0.05, 0) is 38.0 Å². The van der Waals surface area contributed by atoms with Gasteiger partial charge in [0.25, 0.3) is 5.91 Å². The fourth-order valence-corrected chi connectivity index (χ4v) is 5.05. The van der Waals surface area contributed by atoms with E-state index >= 15 is 0 Å². The zero-order chi connectivity index (χ0) is 23.2. The molecule has 0 bridgehead atoms. The van der Waals surface area contributed by atoms with E-state index in [1.54, 1.807) is 13.8 Å². The lowest BCUT2D eigenvalue weighted by atomic mass is 9.83. The fourth-order valence-electron chi connectivity index (χ4n) is 3.57. The summed E-state index contributed by atoms with van der Waals surface area (Å²) in [6.07, 6.45) is 2.32. The van der Waals surface area contributed by atoms with E-state index in [2.05, 4.69) is 11.4 Å². The maximum absolute atomic E-state index is 14.3. The summed E-state index contributed by atoms with van der Waals surface area (Å²) in [7, 11) is -3.91. The van der Waals surface area contributed by atoms with Crippen LogP contribution in [0.5, 0.6) is 0 Å². The summed E-state index contributed by atoms with van der Waals surface area (Å²) in [6.45, 7) is 5.08. The Kier molecular flexibility index (Phi) is 8.14. The quantitative estimate of drug-likeness (QED) is 0.605. The van der Waals surface area contributed by atoms with Crippen molar-refractivity contribution < 1.29 is 27.1 Å². The molecular formula is C21H28FN3O5S. The van der Waals surface area contributed by atoms with Crippen LogP contribution in [0.25, 0.3) is 0 Å². The Morgan fingerprint density at radius 1 is 1.26 bits per heavy atom. The molecule has 0 saturated heterocycles. The Labute approximate surface area is 182 Å². The predicted molar refractivity (Wildman–Crippen MR) is 111 cm³/mol. The predicted octanol–water partition coefficient (Wildman–Crippen LogP) is 2.74. The van der Waals surface area contributed by atoms with Crippen LogP contribution in [0.1, 0.15) is 63.2 Å². The van der Waals surface area contributed by atoms with Crippen molar-refractivity contribution >= 4 is 21.9 Å². The van der Waals surface area contributed by atoms with Crippen molar-refractivity contribution in [3.8, 4) is 6.07 Å². The van der Waals surface area contributed by atoms with E-state index in [1.165, 1.54) is 11.2 Å². The molecule has 0 aliphatic heterocycles. The van der Waals surface area contributed by atoms with Gasteiger partial charge in [-0.2, -0.15) is 9.57 Å². The van der Waals surface area contributed by atoms with E-state index in [0.717, 1.165) is 37.5 Å². The number of nitrogens with zero attached hydrogens (tertiary/aromatic N) is 2. The minimum Gasteiger partial charge on any atom is -0.449 e. The van der Waals surface area contributed by atoms with Gasteiger partial charge in [0.1, 0.15) is 11.4 Å². The van der Waals surface area contributed by atoms with Crippen molar-refractivity contribution in [2.24, 2.45) is 0 Å². The highest BCUT2D eigenvalue weighted by Gasteiger charge is 2.36. The van der Waals surface area contributed by atoms with Gasteiger partial charge in [0, 0.05) is 13.1 Å². The van der Waals surface area contributed by atoms with Crippen LogP contribution in [-0.4, -0.2) is 49.3 Å². The first-order chi connectivity index (χ1) is 14.6. The molecule has 1 atom stereocenters. The normalized spacial score (nSPS) is 16.9. The molecule has 8 nitrogen and oxygen atoms in total. The van der Waals surface area contributed by atoms with E-state index in [4.69, 9.17) is 4.74 Å². The lowest BCUT2D eigenvalue weighted by molar-refractivity contribution is -0.130. The number of rotatable bonds is 8. The van der Waals surface area contributed by atoms with Crippen LogP contribution in [0.4, 0.5) is 4.39 Å². The summed E-state index contributed by atoms with van der Waals surface area (Å²) in [5, 5.41) is 12.1. The monoisotopic (exact) mass is 453 g/mol. The van der Waals surface area contributed by atoms with Gasteiger partial charge in [-0.3, -0.25) is 4.79 Å². The van der Waals surface area contributed by atoms with Crippen LogP contribution in [0, 0.1) is 17.1 Å². The number of sulfonamides is 1. The Balaban J connectivity index is 2.18. The second-order valence-corrected chi connectivity index (χ2v) is 9.46. The Morgan fingerprint density at radius 3 is 2.42 bits per heavy atom. The maximum atomic E-state index is 14.3. The summed E-state index contributed by atoms with van der Waals surface area (Å²) in [4.78, 5) is 24.7. The summed E-state index contributed by atoms with van der Waals surface area (Å²) >= 11 is 0. The Hall–Kier alpha value is -2.51. The molecule has 1 aliphatic carbocycles. The van der Waals surface area contributed by atoms with E-state index in [9.17, 15) is 27.7 Å². The molecule has 2 rings (SSSR count). The van der Waals surface area contributed by atoms with Crippen LogP contribution < -0.4 is 5.32 Å². The number of carbonyl (C=O) groups excluding carboxylic acids is 2. The van der Waals surface area contributed by atoms with Gasteiger partial charge in [0.2, 0.25) is 10.0 Å². The highest BCUT2D eigenvalue weighted by atomic mass is 32.2. The van der Waals surface area contributed by atoms with Crippen molar-refractivity contribution in [2.75, 3.05) is 13.1 Å². The van der Waals surface area contributed by atoms with E-state index < -0.39 is 44.9 Å². The molecule has 0 spiro atoms. The standard InChI is InChI=1S/C21H28FN3O5S/c1-4-25(5-2)31(28,29)16-9-10-18(22)17(13-16)20(27)30-15(3)19(26)24-21(14-23)11-7-6-8-12-21/h9-10,13,15H,4-8,11-12H2,1-3H3,(H,24,26)/t15-/m1/s1. The van der Waals surface area contributed by atoms with Gasteiger partial charge < -0.3 is 10.1 Å². The molecule has 0 unspecified atom stereocenters. The molecule has 1 saturated carbocycles. The molecule has 31 heavy (non-hydrogen) atoms. The van der Waals surface area contributed by atoms with Crippen LogP contribution in [0.3, 0.4) is 0 Å². The minimum atomic E-state index is -3.91. The smallest absolute Gasteiger partial charge is 0.341 e. The van der Waals surface area contributed by atoms with Crippen molar-refractivity contribution in [3.63, 3.8) is 0 Å². The number of carbonyl (C=O) groups is 2. The fraction of sp³-hybridized carbons (Fsp3) is 0.571. The van der Waals surface area contributed by atoms with Crippen molar-refractivity contribution in [1.82, 2.24) is 9.62 Å². The zero-order valence-corrected chi connectivity index (χ0v) is 18.8. The van der Waals surface area contributed by atoms with E-state index in [1.807, 2.05) is 0 Å². The SMILES string of the molecule is CCN(CC)S(=O)(=O)c1ccc(F)c(C(=O)O[C@H](C)C(=O)NC2(C#N)CCCCC2)c1. The van der Waals surface area contributed by atoms with Gasteiger partial charge in [-0.15, -0.1) is 0 Å². The second kappa shape index (κ2) is 10.2. The Bertz CT molecular complexity index is 964. The number of halogens is 1. The number of hydrogen-bond donors (Lipinski definition) is 1. The number of nitriles is 1. The summed E-state index contributed by atoms with van der Waals surface area (Å²) in [5.41, 5.74) is -1.58.